The highest BCUT2D eigenvalue weighted by atomic mass is 35.5. The molecule has 1 aliphatic rings. The number of halogens is 1. The minimum absolute atomic E-state index is 0.156. The van der Waals surface area contributed by atoms with Crippen LogP contribution >= 0.6 is 11.6 Å². The van der Waals surface area contributed by atoms with Gasteiger partial charge in [-0.05, 0) is 69.2 Å². The molecule has 0 bridgehead atoms. The zero-order valence-electron chi connectivity index (χ0n) is 22.3. The van der Waals surface area contributed by atoms with Gasteiger partial charge in [0.2, 0.25) is 0 Å². The van der Waals surface area contributed by atoms with Gasteiger partial charge in [-0.25, -0.2) is 0 Å². The maximum Gasteiger partial charge on any atom is 0.0907 e. The molecule has 3 aromatic rings. The molecule has 0 aliphatic carbocycles. The molecule has 0 saturated carbocycles. The van der Waals surface area contributed by atoms with Crippen LogP contribution in [-0.4, -0.2) is 49.1 Å². The van der Waals surface area contributed by atoms with Crippen molar-refractivity contribution >= 4 is 23.0 Å². The first-order valence-corrected chi connectivity index (χ1v) is 13.9. The van der Waals surface area contributed by atoms with E-state index >= 15 is 0 Å². The molecule has 36 heavy (non-hydrogen) atoms. The number of anilines is 2. The fourth-order valence-corrected chi connectivity index (χ4v) is 5.65. The monoisotopic (exact) mass is 504 g/mol. The first kappa shape index (κ1) is 26.5. The summed E-state index contributed by atoms with van der Waals surface area (Å²) in [5.74, 6) is 0. The van der Waals surface area contributed by atoms with E-state index < -0.39 is 0 Å². The highest BCUT2D eigenvalue weighted by Gasteiger charge is 2.34. The lowest BCUT2D eigenvalue weighted by Gasteiger charge is -2.32. The Balaban J connectivity index is 1.54. The van der Waals surface area contributed by atoms with Gasteiger partial charge in [0.1, 0.15) is 0 Å². The largest absolute Gasteiger partial charge is 0.372 e. The minimum Gasteiger partial charge on any atom is -0.372 e. The van der Waals surface area contributed by atoms with Crippen molar-refractivity contribution in [2.24, 2.45) is 0 Å². The Morgan fingerprint density at radius 3 is 1.44 bits per heavy atom. The molecule has 0 amide bonds. The van der Waals surface area contributed by atoms with E-state index in [0.29, 0.717) is 0 Å². The van der Waals surface area contributed by atoms with Crippen molar-refractivity contribution in [1.82, 2.24) is 9.80 Å². The average molecular weight is 505 g/mol. The Hall–Kier alpha value is -2.53. The number of hydrogen-bond donors (Lipinski definition) is 0. The van der Waals surface area contributed by atoms with Crippen molar-refractivity contribution < 1.29 is 0 Å². The summed E-state index contributed by atoms with van der Waals surface area (Å²) < 4.78 is 0. The molecule has 192 valence electrons. The first-order chi connectivity index (χ1) is 17.6. The van der Waals surface area contributed by atoms with Gasteiger partial charge in [-0.3, -0.25) is 9.80 Å². The van der Waals surface area contributed by atoms with Gasteiger partial charge in [-0.15, -0.1) is 0 Å². The van der Waals surface area contributed by atoms with Crippen molar-refractivity contribution in [3.63, 3.8) is 0 Å². The molecular formula is C31H41ClN4. The molecule has 4 nitrogen and oxygen atoms in total. The predicted molar refractivity (Wildman–Crippen MR) is 155 cm³/mol. The third kappa shape index (κ3) is 6.05. The lowest BCUT2D eigenvalue weighted by Crippen LogP contribution is -2.31. The van der Waals surface area contributed by atoms with Crippen LogP contribution < -0.4 is 9.80 Å². The van der Waals surface area contributed by atoms with E-state index in [1.807, 2.05) is 12.1 Å². The Labute approximate surface area is 223 Å². The lowest BCUT2D eigenvalue weighted by atomic mass is 10.1. The molecule has 5 heteroatoms. The lowest BCUT2D eigenvalue weighted by molar-refractivity contribution is 0.126. The molecule has 1 saturated heterocycles. The van der Waals surface area contributed by atoms with Gasteiger partial charge >= 0.3 is 0 Å². The zero-order valence-corrected chi connectivity index (χ0v) is 23.1. The maximum atomic E-state index is 6.75. The highest BCUT2D eigenvalue weighted by Crippen LogP contribution is 2.36. The summed E-state index contributed by atoms with van der Waals surface area (Å²) in [4.78, 5) is 9.91. The molecule has 0 unspecified atom stereocenters. The summed E-state index contributed by atoms with van der Waals surface area (Å²) >= 11 is 6.75. The van der Waals surface area contributed by atoms with Gasteiger partial charge in [-0.1, -0.05) is 54.1 Å². The van der Waals surface area contributed by atoms with Crippen molar-refractivity contribution in [2.45, 2.75) is 47.0 Å². The molecular weight excluding hydrogens is 464 g/mol. The first-order valence-electron chi connectivity index (χ1n) is 13.5. The molecule has 0 aromatic heterocycles. The Bertz CT molecular complexity index is 1010. The van der Waals surface area contributed by atoms with Crippen LogP contribution in [-0.2, 0) is 13.1 Å². The van der Waals surface area contributed by atoms with Gasteiger partial charge in [0.25, 0.3) is 0 Å². The van der Waals surface area contributed by atoms with Crippen LogP contribution in [0.4, 0.5) is 11.4 Å². The van der Waals surface area contributed by atoms with Crippen LogP contribution in [0.1, 0.15) is 50.6 Å². The van der Waals surface area contributed by atoms with Crippen LogP contribution in [0.15, 0.2) is 72.8 Å². The number of nitrogens with zero attached hydrogens (tertiary/aromatic N) is 4. The highest BCUT2D eigenvalue weighted by molar-refractivity contribution is 6.31. The maximum absolute atomic E-state index is 6.75. The smallest absolute Gasteiger partial charge is 0.0907 e. The van der Waals surface area contributed by atoms with Crippen LogP contribution in [0.25, 0.3) is 0 Å². The SMILES string of the molecule is CCN(CC)c1ccc(CN2CCN(Cc3ccc(N(CC)CC)cc3)C2c2ccccc2Cl)cc1. The number of benzene rings is 3. The third-order valence-corrected chi connectivity index (χ3v) is 7.79. The molecule has 0 N–H and O–H groups in total. The summed E-state index contributed by atoms with van der Waals surface area (Å²) in [5, 5.41) is 0.841. The topological polar surface area (TPSA) is 13.0 Å². The fourth-order valence-electron chi connectivity index (χ4n) is 5.41. The Morgan fingerprint density at radius 2 is 1.06 bits per heavy atom. The molecule has 1 fully saturated rings. The fraction of sp³-hybridized carbons (Fsp3) is 0.419. The van der Waals surface area contributed by atoms with Crippen LogP contribution in [0.5, 0.6) is 0 Å². The summed E-state index contributed by atoms with van der Waals surface area (Å²) in [6.07, 6.45) is 0.156. The molecule has 0 atom stereocenters. The van der Waals surface area contributed by atoms with E-state index in [2.05, 4.69) is 108 Å². The Kier molecular flexibility index (Phi) is 9.30. The van der Waals surface area contributed by atoms with Gasteiger partial charge in [-0.2, -0.15) is 0 Å². The van der Waals surface area contributed by atoms with Crippen LogP contribution in [0.2, 0.25) is 5.02 Å². The van der Waals surface area contributed by atoms with Gasteiger partial charge < -0.3 is 9.80 Å². The zero-order chi connectivity index (χ0) is 25.5. The second-order valence-corrected chi connectivity index (χ2v) is 9.92. The minimum atomic E-state index is 0.156. The molecule has 0 radical (unpaired) electrons. The van der Waals surface area contributed by atoms with Gasteiger partial charge in [0, 0.05) is 74.3 Å². The molecule has 1 aliphatic heterocycles. The summed E-state index contributed by atoms with van der Waals surface area (Å²) in [6, 6.07) is 26.5. The van der Waals surface area contributed by atoms with Crippen molar-refractivity contribution in [2.75, 3.05) is 49.1 Å². The average Bonchev–Trinajstić information content (AvgIpc) is 3.29. The number of hydrogen-bond acceptors (Lipinski definition) is 4. The van der Waals surface area contributed by atoms with E-state index in [9.17, 15) is 0 Å². The summed E-state index contributed by atoms with van der Waals surface area (Å²) in [6.45, 7) is 16.8. The van der Waals surface area contributed by atoms with E-state index in [0.717, 1.165) is 57.4 Å². The quantitative estimate of drug-likeness (QED) is 0.277. The second-order valence-electron chi connectivity index (χ2n) is 9.51. The van der Waals surface area contributed by atoms with E-state index in [1.54, 1.807) is 0 Å². The van der Waals surface area contributed by atoms with E-state index in [4.69, 9.17) is 11.6 Å². The molecule has 4 rings (SSSR count). The van der Waals surface area contributed by atoms with E-state index in [-0.39, 0.29) is 6.17 Å². The van der Waals surface area contributed by atoms with Crippen LogP contribution in [0, 0.1) is 0 Å². The third-order valence-electron chi connectivity index (χ3n) is 7.45. The molecule has 3 aromatic carbocycles. The van der Waals surface area contributed by atoms with Gasteiger partial charge in [0.15, 0.2) is 0 Å². The van der Waals surface area contributed by atoms with Gasteiger partial charge in [0.05, 0.1) is 6.17 Å². The van der Waals surface area contributed by atoms with Crippen molar-refractivity contribution in [1.29, 1.82) is 0 Å². The summed E-state index contributed by atoms with van der Waals surface area (Å²) in [5.41, 5.74) is 6.46. The second kappa shape index (κ2) is 12.6. The molecule has 0 spiro atoms. The predicted octanol–water partition coefficient (Wildman–Crippen LogP) is 7.05. The summed E-state index contributed by atoms with van der Waals surface area (Å²) in [7, 11) is 0. The normalized spacial score (nSPS) is 14.9. The van der Waals surface area contributed by atoms with E-state index in [1.165, 1.54) is 28.1 Å². The van der Waals surface area contributed by atoms with Crippen LogP contribution in [0.3, 0.4) is 0 Å². The Morgan fingerprint density at radius 1 is 0.639 bits per heavy atom. The molecule has 1 heterocycles. The number of rotatable bonds is 11. The van der Waals surface area contributed by atoms with Crippen molar-refractivity contribution in [3.05, 3.63) is 94.5 Å². The standard InChI is InChI=1S/C31H41ClN4/c1-5-33(6-2)27-17-13-25(14-18-27)23-35-21-22-36(31(35)29-11-9-10-12-30(29)32)24-26-15-19-28(20-16-26)34(7-3)8-4/h9-20,31H,5-8,21-24H2,1-4H3. The van der Waals surface area contributed by atoms with Crippen molar-refractivity contribution in [3.8, 4) is 0 Å².